The van der Waals surface area contributed by atoms with Crippen molar-refractivity contribution in [2.45, 2.75) is 0 Å². The van der Waals surface area contributed by atoms with Crippen LogP contribution in [0.5, 0.6) is 0 Å². The molecule has 1 N–H and O–H groups in total. The molecule has 7 nitrogen and oxygen atoms in total. The van der Waals surface area contributed by atoms with Crippen LogP contribution in [-0.4, -0.2) is 56.1 Å². The number of benzene rings is 2. The Kier molecular flexibility index (Phi) is 5.79. The summed E-state index contributed by atoms with van der Waals surface area (Å²) < 4.78 is 0. The molecule has 1 aliphatic rings. The number of amides is 1. The van der Waals surface area contributed by atoms with Crippen LogP contribution in [0.15, 0.2) is 67.0 Å². The Morgan fingerprint density at radius 1 is 0.900 bits per heavy atom. The van der Waals surface area contributed by atoms with Gasteiger partial charge in [0.1, 0.15) is 0 Å². The molecule has 0 unspecified atom stereocenters. The van der Waals surface area contributed by atoms with E-state index in [0.717, 1.165) is 31.9 Å². The molecule has 1 aliphatic heterocycles. The van der Waals surface area contributed by atoms with E-state index in [0.29, 0.717) is 17.2 Å². The second-order valence-corrected chi connectivity index (χ2v) is 7.48. The third-order valence-corrected chi connectivity index (χ3v) is 5.20. The van der Waals surface area contributed by atoms with Crippen molar-refractivity contribution in [1.29, 1.82) is 0 Å². The molecule has 7 heteroatoms. The Morgan fingerprint density at radius 3 is 2.23 bits per heavy atom. The Labute approximate surface area is 177 Å². The maximum atomic E-state index is 12.5. The largest absolute Gasteiger partial charge is 0.378 e. The first-order chi connectivity index (χ1) is 14.6. The smallest absolute Gasteiger partial charge is 0.255 e. The fourth-order valence-electron chi connectivity index (χ4n) is 3.48. The molecular weight excluding hydrogens is 376 g/mol. The number of anilines is 4. The lowest BCUT2D eigenvalue weighted by atomic mass is 10.2. The van der Waals surface area contributed by atoms with Gasteiger partial charge >= 0.3 is 0 Å². The summed E-state index contributed by atoms with van der Waals surface area (Å²) in [5.41, 5.74) is 3.41. The number of hydrogen-bond acceptors (Lipinski definition) is 6. The number of piperazine rings is 1. The van der Waals surface area contributed by atoms with Crippen LogP contribution in [0.3, 0.4) is 0 Å². The maximum absolute atomic E-state index is 12.5. The second-order valence-electron chi connectivity index (χ2n) is 7.48. The molecule has 4 rings (SSSR count). The number of rotatable bonds is 5. The van der Waals surface area contributed by atoms with Crippen LogP contribution in [0.4, 0.5) is 23.0 Å². The van der Waals surface area contributed by atoms with Gasteiger partial charge < -0.3 is 20.0 Å². The lowest BCUT2D eigenvalue weighted by molar-refractivity contribution is 0.102. The maximum Gasteiger partial charge on any atom is 0.255 e. The number of carbonyl (C=O) groups excluding carboxylic acids is 1. The fourth-order valence-corrected chi connectivity index (χ4v) is 3.48. The van der Waals surface area contributed by atoms with Gasteiger partial charge in [-0.3, -0.25) is 4.79 Å². The topological polar surface area (TPSA) is 64.6 Å². The van der Waals surface area contributed by atoms with Crippen molar-refractivity contribution in [3.05, 3.63) is 72.6 Å². The number of aromatic nitrogens is 2. The molecule has 0 saturated carbocycles. The predicted molar refractivity (Wildman–Crippen MR) is 122 cm³/mol. The van der Waals surface area contributed by atoms with E-state index in [1.807, 2.05) is 43.3 Å². The zero-order valence-corrected chi connectivity index (χ0v) is 17.3. The van der Waals surface area contributed by atoms with Gasteiger partial charge in [-0.15, -0.1) is 0 Å². The van der Waals surface area contributed by atoms with Gasteiger partial charge in [-0.1, -0.05) is 24.3 Å². The summed E-state index contributed by atoms with van der Waals surface area (Å²) in [5.74, 6) is 0.516. The van der Waals surface area contributed by atoms with Crippen molar-refractivity contribution in [2.75, 3.05) is 60.3 Å². The third kappa shape index (κ3) is 4.51. The van der Waals surface area contributed by atoms with Crippen molar-refractivity contribution in [1.82, 2.24) is 9.97 Å². The highest BCUT2D eigenvalue weighted by Crippen LogP contribution is 2.19. The quantitative estimate of drug-likeness (QED) is 0.707. The SMILES string of the molecule is CN(C)c1cccc(C(=O)Nc2cnc(N3CCN(c4ccccc4)CC3)nc2)c1. The fraction of sp³-hybridized carbons (Fsp3) is 0.261. The van der Waals surface area contributed by atoms with Crippen molar-refractivity contribution in [2.24, 2.45) is 0 Å². The Bertz CT molecular complexity index is 982. The van der Waals surface area contributed by atoms with E-state index in [9.17, 15) is 4.79 Å². The van der Waals surface area contributed by atoms with Crippen molar-refractivity contribution >= 4 is 28.9 Å². The molecule has 0 spiro atoms. The Balaban J connectivity index is 1.35. The highest BCUT2D eigenvalue weighted by atomic mass is 16.1. The molecule has 1 aromatic heterocycles. The first kappa shape index (κ1) is 19.7. The van der Waals surface area contributed by atoms with Gasteiger partial charge in [0.2, 0.25) is 5.95 Å². The van der Waals surface area contributed by atoms with E-state index < -0.39 is 0 Å². The molecule has 30 heavy (non-hydrogen) atoms. The Hall–Kier alpha value is -3.61. The molecule has 0 radical (unpaired) electrons. The first-order valence-corrected chi connectivity index (χ1v) is 10.1. The van der Waals surface area contributed by atoms with E-state index in [1.54, 1.807) is 18.5 Å². The number of hydrogen-bond donors (Lipinski definition) is 1. The molecular formula is C23H26N6O. The van der Waals surface area contributed by atoms with E-state index in [-0.39, 0.29) is 5.91 Å². The van der Waals surface area contributed by atoms with Crippen molar-refractivity contribution < 1.29 is 4.79 Å². The van der Waals surface area contributed by atoms with Crippen LogP contribution in [-0.2, 0) is 0 Å². The van der Waals surface area contributed by atoms with Crippen molar-refractivity contribution in [3.8, 4) is 0 Å². The minimum absolute atomic E-state index is 0.175. The summed E-state index contributed by atoms with van der Waals surface area (Å²) in [7, 11) is 3.90. The lowest BCUT2D eigenvalue weighted by Crippen LogP contribution is -2.47. The summed E-state index contributed by atoms with van der Waals surface area (Å²) >= 11 is 0. The van der Waals surface area contributed by atoms with E-state index in [4.69, 9.17) is 0 Å². The van der Waals surface area contributed by atoms with Crippen LogP contribution in [0.1, 0.15) is 10.4 Å². The molecule has 0 bridgehead atoms. The van der Waals surface area contributed by atoms with E-state index >= 15 is 0 Å². The van der Waals surface area contributed by atoms with Crippen LogP contribution in [0.2, 0.25) is 0 Å². The lowest BCUT2D eigenvalue weighted by Gasteiger charge is -2.36. The standard InChI is InChI=1S/C23H26N6O/c1-27(2)21-10-6-7-18(15-21)22(30)26-19-16-24-23(25-17-19)29-13-11-28(12-14-29)20-8-4-3-5-9-20/h3-10,15-17H,11-14H2,1-2H3,(H,26,30). The third-order valence-electron chi connectivity index (χ3n) is 5.20. The highest BCUT2D eigenvalue weighted by molar-refractivity contribution is 6.04. The van der Waals surface area contributed by atoms with Gasteiger partial charge in [0.05, 0.1) is 18.1 Å². The van der Waals surface area contributed by atoms with Gasteiger partial charge in [-0.05, 0) is 30.3 Å². The summed E-state index contributed by atoms with van der Waals surface area (Å²) in [6, 6.07) is 17.9. The molecule has 0 aliphatic carbocycles. The summed E-state index contributed by atoms with van der Waals surface area (Å²) in [6.07, 6.45) is 3.33. The average molecular weight is 403 g/mol. The molecule has 2 heterocycles. The van der Waals surface area contributed by atoms with Gasteiger partial charge in [0.25, 0.3) is 5.91 Å². The number of nitrogens with zero attached hydrogens (tertiary/aromatic N) is 5. The van der Waals surface area contributed by atoms with E-state index in [2.05, 4.69) is 49.4 Å². The van der Waals surface area contributed by atoms with Crippen molar-refractivity contribution in [3.63, 3.8) is 0 Å². The summed E-state index contributed by atoms with van der Waals surface area (Å²) in [4.78, 5) is 28.0. The average Bonchev–Trinajstić information content (AvgIpc) is 2.80. The molecule has 2 aromatic carbocycles. The second kappa shape index (κ2) is 8.82. The highest BCUT2D eigenvalue weighted by Gasteiger charge is 2.19. The minimum atomic E-state index is -0.175. The molecule has 1 amide bonds. The molecule has 1 saturated heterocycles. The summed E-state index contributed by atoms with van der Waals surface area (Å²) in [5, 5.41) is 2.87. The zero-order chi connectivity index (χ0) is 20.9. The van der Waals surface area contributed by atoms with E-state index in [1.165, 1.54) is 5.69 Å². The predicted octanol–water partition coefficient (Wildman–Crippen LogP) is 3.12. The monoisotopic (exact) mass is 402 g/mol. The molecule has 1 fully saturated rings. The Morgan fingerprint density at radius 2 is 1.57 bits per heavy atom. The first-order valence-electron chi connectivity index (χ1n) is 10.1. The zero-order valence-electron chi connectivity index (χ0n) is 17.3. The summed E-state index contributed by atoms with van der Waals surface area (Å²) in [6.45, 7) is 3.57. The number of carbonyl (C=O) groups is 1. The normalized spacial score (nSPS) is 13.8. The van der Waals surface area contributed by atoms with Crippen LogP contribution in [0, 0.1) is 0 Å². The number of nitrogens with one attached hydrogen (secondary N) is 1. The molecule has 0 atom stereocenters. The van der Waals surface area contributed by atoms with Gasteiger partial charge in [0.15, 0.2) is 0 Å². The van der Waals surface area contributed by atoms with Crippen LogP contribution < -0.4 is 20.0 Å². The van der Waals surface area contributed by atoms with Crippen LogP contribution >= 0.6 is 0 Å². The molecule has 154 valence electrons. The van der Waals surface area contributed by atoms with Crippen LogP contribution in [0.25, 0.3) is 0 Å². The van der Waals surface area contributed by atoms with Gasteiger partial charge in [-0.2, -0.15) is 0 Å². The van der Waals surface area contributed by atoms with Gasteiger partial charge in [-0.25, -0.2) is 9.97 Å². The van der Waals surface area contributed by atoms with Gasteiger partial charge in [0, 0.05) is 57.2 Å². The molecule has 3 aromatic rings. The minimum Gasteiger partial charge on any atom is -0.378 e. The number of para-hydroxylation sites is 1.